The number of halogens is 4. The maximum atomic E-state index is 13.2. The Morgan fingerprint density at radius 2 is 1.89 bits per heavy atom. The van der Waals surface area contributed by atoms with E-state index in [2.05, 4.69) is 5.32 Å². The van der Waals surface area contributed by atoms with Crippen molar-refractivity contribution in [2.24, 2.45) is 0 Å². The molecule has 0 aromatic heterocycles. The van der Waals surface area contributed by atoms with E-state index < -0.39 is 46.5 Å². The first-order valence-electron chi connectivity index (χ1n) is 4.94. The van der Waals surface area contributed by atoms with Crippen molar-refractivity contribution in [3.8, 4) is 0 Å². The molecule has 99 valence electrons. The highest BCUT2D eigenvalue weighted by Gasteiger charge is 2.21. The molecule has 0 saturated heterocycles. The zero-order chi connectivity index (χ0) is 13.9. The Labute approximate surface area is 106 Å². The monoisotopic (exact) mass is 280 g/mol. The highest BCUT2D eigenvalue weighted by molar-refractivity contribution is 7.99. The summed E-state index contributed by atoms with van der Waals surface area (Å²) in [5.41, 5.74) is -0.754. The third-order valence-electron chi connectivity index (χ3n) is 2.30. The average molecular weight is 280 g/mol. The predicted octanol–water partition coefficient (Wildman–Crippen LogP) is 2.63. The molecule has 0 aliphatic rings. The van der Waals surface area contributed by atoms with E-state index in [-0.39, 0.29) is 6.07 Å². The average Bonchev–Trinajstić information content (AvgIpc) is 2.34. The van der Waals surface area contributed by atoms with Crippen molar-refractivity contribution in [1.29, 1.82) is 0 Å². The van der Waals surface area contributed by atoms with Crippen LogP contribution in [0.5, 0.6) is 0 Å². The predicted molar refractivity (Wildman–Crippen MR) is 60.1 cm³/mol. The second-order valence-electron chi connectivity index (χ2n) is 3.48. The van der Waals surface area contributed by atoms with Gasteiger partial charge in [-0.1, -0.05) is 0 Å². The van der Waals surface area contributed by atoms with Crippen molar-refractivity contribution < 1.29 is 22.4 Å². The van der Waals surface area contributed by atoms with Gasteiger partial charge < -0.3 is 0 Å². The van der Waals surface area contributed by atoms with E-state index >= 15 is 0 Å². The van der Waals surface area contributed by atoms with Crippen LogP contribution in [0, 0.1) is 23.3 Å². The molecule has 7 heteroatoms. The topological polar surface area (TPSA) is 31.2 Å². The Morgan fingerprint density at radius 1 is 1.28 bits per heavy atom. The van der Waals surface area contributed by atoms with Crippen LogP contribution < -0.4 is 5.32 Å². The van der Waals surface area contributed by atoms with Crippen LogP contribution in [0.25, 0.3) is 0 Å². The Kier molecular flexibility index (Phi) is 5.01. The molecule has 1 unspecified atom stereocenters. The summed E-state index contributed by atoms with van der Waals surface area (Å²) >= 11 is 1.22. The second-order valence-corrected chi connectivity index (χ2v) is 4.66. The molecule has 0 spiro atoms. The number of carbonyl (C=O) groups is 1. The van der Waals surface area contributed by atoms with Gasteiger partial charge in [-0.3, -0.25) is 4.79 Å². The third kappa shape index (κ3) is 3.16. The molecule has 0 aliphatic carbocycles. The van der Waals surface area contributed by atoms with Crippen molar-refractivity contribution >= 4 is 17.7 Å². The number of benzene rings is 1. The molecule has 0 bridgehead atoms. The lowest BCUT2D eigenvalue weighted by atomic mass is 10.1. The number of rotatable bonds is 4. The van der Waals surface area contributed by atoms with Crippen molar-refractivity contribution in [1.82, 2.24) is 5.32 Å². The van der Waals surface area contributed by atoms with E-state index in [0.29, 0.717) is 0 Å². The van der Waals surface area contributed by atoms with Gasteiger partial charge in [-0.2, -0.15) is 11.8 Å². The molecule has 1 amide bonds. The van der Waals surface area contributed by atoms with E-state index in [4.69, 9.17) is 0 Å². The number of carbonyl (C=O) groups excluding carboxylic acids is 1. The lowest BCUT2D eigenvalue weighted by Crippen LogP contribution is -2.25. The van der Waals surface area contributed by atoms with E-state index in [0.717, 1.165) is 0 Å². The lowest BCUT2D eigenvalue weighted by molar-refractivity contribution is -0.120. The van der Waals surface area contributed by atoms with E-state index in [9.17, 15) is 22.4 Å². The first-order valence-corrected chi connectivity index (χ1v) is 6.23. The molecule has 1 atom stereocenters. The molecule has 1 aromatic rings. The summed E-state index contributed by atoms with van der Waals surface area (Å²) in [4.78, 5) is 11.3. The zero-order valence-corrected chi connectivity index (χ0v) is 10.5. The van der Waals surface area contributed by atoms with E-state index in [1.165, 1.54) is 11.8 Å². The summed E-state index contributed by atoms with van der Waals surface area (Å²) in [7, 11) is 0. The van der Waals surface area contributed by atoms with Crippen molar-refractivity contribution in [3.05, 3.63) is 34.9 Å². The van der Waals surface area contributed by atoms with Gasteiger partial charge in [-0.05, 0) is 13.2 Å². The minimum Gasteiger partial charge on any atom is -0.272 e. The molecule has 1 rings (SSSR count). The molecule has 1 radical (unpaired) electrons. The molecule has 0 heterocycles. The summed E-state index contributed by atoms with van der Waals surface area (Å²) in [6.45, 7) is 0.924. The standard InChI is InChI=1S/C11H10F4NOS/c1-5(18-2)11(17)16-4-6-7(12)3-8(13)10(15)9(6)14/h3,5H,4H2,1-2H3. The smallest absolute Gasteiger partial charge is 0.254 e. The van der Waals surface area contributed by atoms with Crippen LogP contribution in [-0.4, -0.2) is 17.4 Å². The fourth-order valence-corrected chi connectivity index (χ4v) is 1.41. The van der Waals surface area contributed by atoms with Crippen LogP contribution in [0.2, 0.25) is 0 Å². The molecule has 0 fully saturated rings. The van der Waals surface area contributed by atoms with Gasteiger partial charge in [0.2, 0.25) is 0 Å². The minimum atomic E-state index is -1.77. The highest BCUT2D eigenvalue weighted by atomic mass is 32.2. The van der Waals surface area contributed by atoms with Crippen LogP contribution in [-0.2, 0) is 11.3 Å². The Balaban J connectivity index is 2.86. The summed E-state index contributed by atoms with van der Waals surface area (Å²) in [5.74, 6) is -6.86. The molecule has 0 N–H and O–H groups in total. The first kappa shape index (κ1) is 14.8. The van der Waals surface area contributed by atoms with Gasteiger partial charge in [0.15, 0.2) is 17.5 Å². The van der Waals surface area contributed by atoms with Crippen LogP contribution in [0.15, 0.2) is 6.07 Å². The van der Waals surface area contributed by atoms with Gasteiger partial charge >= 0.3 is 0 Å². The van der Waals surface area contributed by atoms with Crippen LogP contribution in [0.3, 0.4) is 0 Å². The Morgan fingerprint density at radius 3 is 2.44 bits per heavy atom. The first-order chi connectivity index (χ1) is 8.38. The van der Waals surface area contributed by atoms with Gasteiger partial charge in [0.25, 0.3) is 5.91 Å². The molecule has 0 aliphatic heterocycles. The maximum absolute atomic E-state index is 13.2. The van der Waals surface area contributed by atoms with Gasteiger partial charge in [0.05, 0.1) is 11.8 Å². The highest BCUT2D eigenvalue weighted by Crippen LogP contribution is 2.19. The van der Waals surface area contributed by atoms with E-state index in [1.54, 1.807) is 13.2 Å². The Bertz CT molecular complexity index is 467. The maximum Gasteiger partial charge on any atom is 0.254 e. The molecule has 2 nitrogen and oxygen atoms in total. The summed E-state index contributed by atoms with van der Waals surface area (Å²) in [6.07, 6.45) is 1.68. The van der Waals surface area contributed by atoms with Gasteiger partial charge in [0.1, 0.15) is 5.82 Å². The minimum absolute atomic E-state index is 0.228. The fraction of sp³-hybridized carbons (Fsp3) is 0.364. The number of hydrogen-bond acceptors (Lipinski definition) is 2. The normalized spacial score (nSPS) is 12.3. The van der Waals surface area contributed by atoms with Crippen LogP contribution in [0.1, 0.15) is 12.5 Å². The number of nitrogens with zero attached hydrogens (tertiary/aromatic N) is 1. The molecular formula is C11H10F4NOS. The van der Waals surface area contributed by atoms with Crippen molar-refractivity contribution in [2.45, 2.75) is 18.7 Å². The molecular weight excluding hydrogens is 270 g/mol. The second kappa shape index (κ2) is 6.08. The summed E-state index contributed by atoms with van der Waals surface area (Å²) in [5, 5.41) is 2.97. The number of amides is 1. The largest absolute Gasteiger partial charge is 0.272 e. The lowest BCUT2D eigenvalue weighted by Gasteiger charge is -2.09. The van der Waals surface area contributed by atoms with Crippen LogP contribution in [0.4, 0.5) is 17.6 Å². The third-order valence-corrected chi connectivity index (χ3v) is 3.21. The van der Waals surface area contributed by atoms with Crippen molar-refractivity contribution in [2.75, 3.05) is 6.26 Å². The summed E-state index contributed by atoms with van der Waals surface area (Å²) in [6, 6.07) is 0.228. The van der Waals surface area contributed by atoms with Crippen molar-refractivity contribution in [3.63, 3.8) is 0 Å². The zero-order valence-electron chi connectivity index (χ0n) is 9.64. The number of hydrogen-bond donors (Lipinski definition) is 0. The van der Waals surface area contributed by atoms with Gasteiger partial charge in [-0.15, -0.1) is 0 Å². The Hall–Kier alpha value is -1.24. The fourth-order valence-electron chi connectivity index (χ4n) is 1.14. The SMILES string of the molecule is CSC(C)C(=O)[N]Cc1c(F)cc(F)c(F)c1F. The molecule has 0 saturated carbocycles. The van der Waals surface area contributed by atoms with Gasteiger partial charge in [-0.25, -0.2) is 22.9 Å². The summed E-state index contributed by atoms with van der Waals surface area (Å²) < 4.78 is 51.9. The van der Waals surface area contributed by atoms with E-state index in [1.807, 2.05) is 0 Å². The molecule has 1 aromatic carbocycles. The van der Waals surface area contributed by atoms with Crippen LogP contribution >= 0.6 is 11.8 Å². The van der Waals surface area contributed by atoms with Gasteiger partial charge in [0, 0.05) is 11.6 Å². The number of thioether (sulfide) groups is 1. The molecule has 18 heavy (non-hydrogen) atoms. The quantitative estimate of drug-likeness (QED) is 0.482.